The van der Waals surface area contributed by atoms with Crippen LogP contribution in [0.15, 0.2) is 41.7 Å². The molecule has 2 aromatic rings. The SMILES string of the molecule is N/C(CCOc1cccc2cccnc12)=N\O. The highest BCUT2D eigenvalue weighted by Gasteiger charge is 2.02. The molecule has 0 bridgehead atoms. The lowest BCUT2D eigenvalue weighted by atomic mass is 10.2. The van der Waals surface area contributed by atoms with Gasteiger partial charge in [-0.25, -0.2) is 0 Å². The second-order valence-corrected chi connectivity index (χ2v) is 3.52. The van der Waals surface area contributed by atoms with Crippen molar-refractivity contribution in [2.45, 2.75) is 6.42 Å². The number of rotatable bonds is 4. The minimum absolute atomic E-state index is 0.151. The summed E-state index contributed by atoms with van der Waals surface area (Å²) in [5, 5.41) is 12.3. The van der Waals surface area contributed by atoms with E-state index in [1.807, 2.05) is 30.3 Å². The van der Waals surface area contributed by atoms with E-state index < -0.39 is 0 Å². The van der Waals surface area contributed by atoms with Crippen LogP contribution in [0.3, 0.4) is 0 Å². The first-order valence-corrected chi connectivity index (χ1v) is 5.24. The maximum atomic E-state index is 8.40. The monoisotopic (exact) mass is 231 g/mol. The van der Waals surface area contributed by atoms with Crippen LogP contribution in [0.4, 0.5) is 0 Å². The summed E-state index contributed by atoms with van der Waals surface area (Å²) < 4.78 is 5.56. The van der Waals surface area contributed by atoms with E-state index in [4.69, 9.17) is 15.7 Å². The molecule has 0 aliphatic carbocycles. The van der Waals surface area contributed by atoms with E-state index >= 15 is 0 Å². The molecule has 3 N–H and O–H groups in total. The first-order valence-electron chi connectivity index (χ1n) is 5.24. The van der Waals surface area contributed by atoms with Crippen LogP contribution in [0.1, 0.15) is 6.42 Å². The third-order valence-electron chi connectivity index (χ3n) is 2.34. The molecule has 0 unspecified atom stereocenters. The molecule has 0 atom stereocenters. The van der Waals surface area contributed by atoms with E-state index in [1.54, 1.807) is 6.20 Å². The molecule has 5 nitrogen and oxygen atoms in total. The molecule has 0 aliphatic heterocycles. The van der Waals surface area contributed by atoms with Crippen LogP contribution in [0.2, 0.25) is 0 Å². The first kappa shape index (κ1) is 11.2. The van der Waals surface area contributed by atoms with Gasteiger partial charge in [0.05, 0.1) is 6.61 Å². The Bertz CT molecular complexity index is 535. The zero-order chi connectivity index (χ0) is 12.1. The predicted octanol–water partition coefficient (Wildman–Crippen LogP) is 1.75. The number of para-hydroxylation sites is 1. The zero-order valence-electron chi connectivity index (χ0n) is 9.21. The van der Waals surface area contributed by atoms with Gasteiger partial charge in [-0.05, 0) is 12.1 Å². The van der Waals surface area contributed by atoms with Crippen molar-refractivity contribution in [3.05, 3.63) is 36.5 Å². The van der Waals surface area contributed by atoms with Gasteiger partial charge in [0, 0.05) is 18.0 Å². The normalized spacial score (nSPS) is 11.6. The Balaban J connectivity index is 2.13. The fourth-order valence-corrected chi connectivity index (χ4v) is 1.51. The summed E-state index contributed by atoms with van der Waals surface area (Å²) in [6.07, 6.45) is 2.10. The van der Waals surface area contributed by atoms with Gasteiger partial charge in [-0.2, -0.15) is 0 Å². The van der Waals surface area contributed by atoms with Crippen molar-refractivity contribution in [2.75, 3.05) is 6.61 Å². The van der Waals surface area contributed by atoms with Crippen LogP contribution in [0, 0.1) is 0 Å². The van der Waals surface area contributed by atoms with Gasteiger partial charge in [0.15, 0.2) is 0 Å². The highest BCUT2D eigenvalue weighted by Crippen LogP contribution is 2.22. The van der Waals surface area contributed by atoms with E-state index in [0.29, 0.717) is 18.8 Å². The average Bonchev–Trinajstić information content (AvgIpc) is 2.39. The molecule has 0 amide bonds. The molecule has 88 valence electrons. The molecule has 1 aromatic heterocycles. The third-order valence-corrected chi connectivity index (χ3v) is 2.34. The maximum Gasteiger partial charge on any atom is 0.145 e. The van der Waals surface area contributed by atoms with Gasteiger partial charge in [-0.3, -0.25) is 4.98 Å². The number of hydrogen-bond donors (Lipinski definition) is 2. The highest BCUT2D eigenvalue weighted by molar-refractivity contribution is 5.84. The van der Waals surface area contributed by atoms with Crippen LogP contribution < -0.4 is 10.5 Å². The Morgan fingerprint density at radius 2 is 2.18 bits per heavy atom. The van der Waals surface area contributed by atoms with Gasteiger partial charge in [0.25, 0.3) is 0 Å². The molecule has 5 heteroatoms. The Kier molecular flexibility index (Phi) is 3.40. The number of nitrogens with zero attached hydrogens (tertiary/aromatic N) is 2. The van der Waals surface area contributed by atoms with Crippen LogP contribution in [0.25, 0.3) is 10.9 Å². The van der Waals surface area contributed by atoms with Crippen LogP contribution in [0.5, 0.6) is 5.75 Å². The van der Waals surface area contributed by atoms with E-state index in [1.165, 1.54) is 0 Å². The minimum Gasteiger partial charge on any atom is -0.491 e. The van der Waals surface area contributed by atoms with Crippen molar-refractivity contribution < 1.29 is 9.94 Å². The summed E-state index contributed by atoms with van der Waals surface area (Å²) in [7, 11) is 0. The van der Waals surface area contributed by atoms with Crippen molar-refractivity contribution in [3.8, 4) is 5.75 Å². The quantitative estimate of drug-likeness (QED) is 0.363. The molecule has 0 saturated heterocycles. The second-order valence-electron chi connectivity index (χ2n) is 3.52. The number of aromatic nitrogens is 1. The fraction of sp³-hybridized carbons (Fsp3) is 0.167. The van der Waals surface area contributed by atoms with Crippen LogP contribution in [-0.2, 0) is 0 Å². The number of benzene rings is 1. The maximum absolute atomic E-state index is 8.40. The molecule has 17 heavy (non-hydrogen) atoms. The van der Waals surface area contributed by atoms with E-state index in [-0.39, 0.29) is 5.84 Å². The Morgan fingerprint density at radius 3 is 3.00 bits per heavy atom. The number of oxime groups is 1. The molecular weight excluding hydrogens is 218 g/mol. The summed E-state index contributed by atoms with van der Waals surface area (Å²) >= 11 is 0. The Morgan fingerprint density at radius 1 is 1.35 bits per heavy atom. The number of amidine groups is 1. The zero-order valence-corrected chi connectivity index (χ0v) is 9.21. The van der Waals surface area contributed by atoms with Crippen molar-refractivity contribution >= 4 is 16.7 Å². The van der Waals surface area contributed by atoms with E-state index in [2.05, 4.69) is 10.1 Å². The number of fused-ring (bicyclic) bond motifs is 1. The Hall–Kier alpha value is -2.30. The number of hydrogen-bond acceptors (Lipinski definition) is 4. The minimum atomic E-state index is 0.151. The van der Waals surface area contributed by atoms with Crippen LogP contribution >= 0.6 is 0 Å². The number of ether oxygens (including phenoxy) is 1. The average molecular weight is 231 g/mol. The van der Waals surface area contributed by atoms with Gasteiger partial charge in [0.1, 0.15) is 17.1 Å². The molecule has 2 rings (SSSR count). The van der Waals surface area contributed by atoms with Gasteiger partial charge in [-0.15, -0.1) is 0 Å². The van der Waals surface area contributed by atoms with Crippen molar-refractivity contribution in [1.82, 2.24) is 4.98 Å². The summed E-state index contributed by atoms with van der Waals surface area (Å²) in [5.41, 5.74) is 6.17. The number of nitrogens with two attached hydrogens (primary N) is 1. The summed E-state index contributed by atoms with van der Waals surface area (Å²) in [4.78, 5) is 4.26. The van der Waals surface area contributed by atoms with Crippen molar-refractivity contribution in [1.29, 1.82) is 0 Å². The lowest BCUT2D eigenvalue weighted by molar-refractivity contribution is 0.306. The van der Waals surface area contributed by atoms with Gasteiger partial charge < -0.3 is 15.7 Å². The summed E-state index contributed by atoms with van der Waals surface area (Å²) in [6, 6.07) is 9.57. The molecule has 0 fully saturated rings. The predicted molar refractivity (Wildman–Crippen MR) is 65.3 cm³/mol. The third kappa shape index (κ3) is 2.63. The molecule has 0 aliphatic rings. The largest absolute Gasteiger partial charge is 0.491 e. The van der Waals surface area contributed by atoms with Gasteiger partial charge in [-0.1, -0.05) is 23.4 Å². The second kappa shape index (κ2) is 5.16. The van der Waals surface area contributed by atoms with E-state index in [9.17, 15) is 0 Å². The first-order chi connectivity index (χ1) is 8.31. The summed E-state index contributed by atoms with van der Waals surface area (Å²) in [6.45, 7) is 0.353. The molecule has 1 heterocycles. The number of pyridine rings is 1. The highest BCUT2D eigenvalue weighted by atomic mass is 16.5. The topological polar surface area (TPSA) is 80.7 Å². The van der Waals surface area contributed by atoms with E-state index in [0.717, 1.165) is 10.9 Å². The van der Waals surface area contributed by atoms with Crippen molar-refractivity contribution in [2.24, 2.45) is 10.9 Å². The lowest BCUT2D eigenvalue weighted by Gasteiger charge is -2.07. The molecule has 1 aromatic carbocycles. The summed E-state index contributed by atoms with van der Waals surface area (Å²) in [5.74, 6) is 0.854. The van der Waals surface area contributed by atoms with Gasteiger partial charge >= 0.3 is 0 Å². The molecule has 0 radical (unpaired) electrons. The van der Waals surface area contributed by atoms with Crippen LogP contribution in [-0.4, -0.2) is 22.6 Å². The Labute approximate surface area is 98.5 Å². The standard InChI is InChI=1S/C12H13N3O2/c13-11(15-16)6-8-17-10-5-1-3-9-4-2-7-14-12(9)10/h1-5,7,16H,6,8H2,(H2,13,15). The van der Waals surface area contributed by atoms with Gasteiger partial charge in [0.2, 0.25) is 0 Å². The fourth-order valence-electron chi connectivity index (χ4n) is 1.51. The smallest absolute Gasteiger partial charge is 0.145 e. The molecular formula is C12H13N3O2. The lowest BCUT2D eigenvalue weighted by Crippen LogP contribution is -2.15. The molecule has 0 spiro atoms. The van der Waals surface area contributed by atoms with Crippen molar-refractivity contribution in [3.63, 3.8) is 0 Å². The molecule has 0 saturated carbocycles.